The fourth-order valence-corrected chi connectivity index (χ4v) is 3.81. The molecule has 1 atom stereocenters. The highest BCUT2D eigenvalue weighted by molar-refractivity contribution is 6.31. The van der Waals surface area contributed by atoms with Gasteiger partial charge in [-0.05, 0) is 67.2 Å². The summed E-state index contributed by atoms with van der Waals surface area (Å²) in [4.78, 5) is 19.9. The predicted octanol–water partition coefficient (Wildman–Crippen LogP) is 4.84. The Morgan fingerprint density at radius 1 is 1.07 bits per heavy atom. The lowest BCUT2D eigenvalue weighted by Gasteiger charge is -2.15. The average molecular weight is 419 g/mol. The van der Waals surface area contributed by atoms with Gasteiger partial charge in [0, 0.05) is 22.9 Å². The molecule has 3 aromatic carbocycles. The van der Waals surface area contributed by atoms with Crippen LogP contribution >= 0.6 is 11.6 Å². The van der Waals surface area contributed by atoms with Crippen LogP contribution in [0.1, 0.15) is 22.6 Å². The number of aliphatic imine (C=N–C) groups is 1. The van der Waals surface area contributed by atoms with Gasteiger partial charge in [-0.25, -0.2) is 0 Å². The number of carbonyl (C=O) groups is 1. The van der Waals surface area contributed by atoms with E-state index in [1.54, 1.807) is 12.1 Å². The lowest BCUT2D eigenvalue weighted by atomic mass is 9.90. The van der Waals surface area contributed by atoms with E-state index < -0.39 is 5.92 Å². The minimum Gasteiger partial charge on any atom is -0.399 e. The van der Waals surface area contributed by atoms with Crippen LogP contribution in [0.25, 0.3) is 0 Å². The van der Waals surface area contributed by atoms with E-state index in [2.05, 4.69) is 22.3 Å². The Morgan fingerprint density at radius 3 is 2.43 bits per heavy atom. The molecule has 30 heavy (non-hydrogen) atoms. The number of nitrogen functional groups attached to an aromatic ring is 1. The van der Waals surface area contributed by atoms with Crippen molar-refractivity contribution in [1.82, 2.24) is 4.90 Å². The Kier molecular flexibility index (Phi) is 5.57. The Balaban J connectivity index is 1.79. The third kappa shape index (κ3) is 4.22. The number of amides is 1. The van der Waals surface area contributed by atoms with E-state index >= 15 is 0 Å². The summed E-state index contributed by atoms with van der Waals surface area (Å²) in [7, 11) is 4.07. The van der Waals surface area contributed by atoms with Gasteiger partial charge in [-0.2, -0.15) is 0 Å². The molecule has 3 aromatic rings. The molecule has 0 aliphatic carbocycles. The molecule has 0 spiro atoms. The van der Waals surface area contributed by atoms with Gasteiger partial charge in [0.1, 0.15) is 5.92 Å². The number of nitrogens with two attached hydrogens (primary N) is 1. The molecule has 1 aliphatic heterocycles. The van der Waals surface area contributed by atoms with E-state index in [1.165, 1.54) is 5.56 Å². The van der Waals surface area contributed by atoms with E-state index in [9.17, 15) is 4.79 Å². The number of anilines is 2. The number of hydrogen-bond donors (Lipinski definition) is 2. The number of nitrogens with one attached hydrogen (secondary N) is 1. The second-order valence-electron chi connectivity index (χ2n) is 7.68. The first-order valence-electron chi connectivity index (χ1n) is 9.69. The molecule has 6 heteroatoms. The van der Waals surface area contributed by atoms with E-state index in [0.717, 1.165) is 29.0 Å². The fraction of sp³-hybridized carbons (Fsp3) is 0.167. The highest BCUT2D eigenvalue weighted by atomic mass is 35.5. The third-order valence-corrected chi connectivity index (χ3v) is 5.25. The molecule has 1 amide bonds. The summed E-state index contributed by atoms with van der Waals surface area (Å²) < 4.78 is 0. The van der Waals surface area contributed by atoms with Gasteiger partial charge in [0.2, 0.25) is 5.91 Å². The number of nitrogens with zero attached hydrogens (tertiary/aromatic N) is 2. The molecule has 1 unspecified atom stereocenters. The summed E-state index contributed by atoms with van der Waals surface area (Å²) >= 11 is 6.11. The van der Waals surface area contributed by atoms with Crippen molar-refractivity contribution in [3.05, 3.63) is 88.4 Å². The van der Waals surface area contributed by atoms with Crippen molar-refractivity contribution in [2.24, 2.45) is 4.99 Å². The Bertz CT molecular complexity index is 1110. The zero-order chi connectivity index (χ0) is 21.3. The van der Waals surface area contributed by atoms with Crippen molar-refractivity contribution in [2.75, 3.05) is 25.1 Å². The van der Waals surface area contributed by atoms with E-state index in [-0.39, 0.29) is 5.91 Å². The maximum absolute atomic E-state index is 12.9. The normalized spacial score (nSPS) is 15.9. The number of carbonyl (C=O) groups excluding carboxylic acids is 1. The van der Waals surface area contributed by atoms with Gasteiger partial charge in [-0.1, -0.05) is 41.9 Å². The van der Waals surface area contributed by atoms with E-state index in [1.807, 2.05) is 56.6 Å². The van der Waals surface area contributed by atoms with Crippen LogP contribution in [0.5, 0.6) is 0 Å². The second-order valence-corrected chi connectivity index (χ2v) is 8.11. The molecule has 1 heterocycles. The van der Waals surface area contributed by atoms with Crippen molar-refractivity contribution >= 4 is 40.3 Å². The Morgan fingerprint density at radius 2 is 1.77 bits per heavy atom. The van der Waals surface area contributed by atoms with Crippen LogP contribution in [0, 0.1) is 0 Å². The number of hydrogen-bond acceptors (Lipinski definition) is 4. The molecule has 1 aliphatic rings. The molecule has 0 radical (unpaired) electrons. The van der Waals surface area contributed by atoms with E-state index in [0.29, 0.717) is 16.4 Å². The van der Waals surface area contributed by atoms with Crippen LogP contribution in [-0.2, 0) is 11.3 Å². The summed E-state index contributed by atoms with van der Waals surface area (Å²) in [5, 5.41) is 3.51. The van der Waals surface area contributed by atoms with Crippen LogP contribution in [0.2, 0.25) is 5.02 Å². The molecule has 0 bridgehead atoms. The quantitative estimate of drug-likeness (QED) is 0.460. The number of benzene rings is 3. The minimum atomic E-state index is -0.526. The van der Waals surface area contributed by atoms with Crippen molar-refractivity contribution < 1.29 is 4.79 Å². The van der Waals surface area contributed by atoms with Gasteiger partial charge in [-0.15, -0.1) is 0 Å². The highest BCUT2D eigenvalue weighted by Gasteiger charge is 2.35. The fourth-order valence-electron chi connectivity index (χ4n) is 3.64. The average Bonchev–Trinajstić information content (AvgIpc) is 3.02. The topological polar surface area (TPSA) is 70.7 Å². The van der Waals surface area contributed by atoms with Crippen LogP contribution in [0.3, 0.4) is 0 Å². The largest absolute Gasteiger partial charge is 0.399 e. The molecule has 0 saturated heterocycles. The van der Waals surface area contributed by atoms with Gasteiger partial charge >= 0.3 is 0 Å². The number of halogens is 1. The minimum absolute atomic E-state index is 0.118. The van der Waals surface area contributed by atoms with Crippen molar-refractivity contribution in [3.8, 4) is 0 Å². The molecule has 0 aromatic heterocycles. The first-order valence-corrected chi connectivity index (χ1v) is 10.1. The molecule has 3 N–H and O–H groups in total. The Hall–Kier alpha value is -3.15. The molecule has 4 rings (SSSR count). The smallest absolute Gasteiger partial charge is 0.238 e. The lowest BCUT2D eigenvalue weighted by molar-refractivity contribution is -0.115. The zero-order valence-corrected chi connectivity index (χ0v) is 17.6. The summed E-state index contributed by atoms with van der Waals surface area (Å²) in [6.07, 6.45) is 0. The first-order chi connectivity index (χ1) is 14.4. The summed E-state index contributed by atoms with van der Waals surface area (Å²) in [6.45, 7) is 0.855. The standard InChI is InChI=1S/C24H23ClN4O/c1-29(2)14-15-3-10-19(11-4-15)27-23(16-5-8-18(26)9-6-16)22-20-12-7-17(25)13-21(20)28-24(22)30/h3-13,22H,14,26H2,1-2H3,(H,28,30). The maximum Gasteiger partial charge on any atom is 0.238 e. The number of rotatable bonds is 5. The Labute approximate surface area is 181 Å². The van der Waals surface area contributed by atoms with Crippen molar-refractivity contribution in [3.63, 3.8) is 0 Å². The van der Waals surface area contributed by atoms with Crippen molar-refractivity contribution in [1.29, 1.82) is 0 Å². The molecular formula is C24H23ClN4O. The molecule has 152 valence electrons. The van der Waals surface area contributed by atoms with Crippen molar-refractivity contribution in [2.45, 2.75) is 12.5 Å². The summed E-state index contributed by atoms with van der Waals surface area (Å²) in [5.41, 5.74) is 11.6. The first kappa shape index (κ1) is 20.1. The summed E-state index contributed by atoms with van der Waals surface area (Å²) in [6, 6.07) is 21.0. The SMILES string of the molecule is CN(C)Cc1ccc(N=C(c2ccc(N)cc2)C2C(=O)Nc3cc(Cl)ccc32)cc1. The predicted molar refractivity (Wildman–Crippen MR) is 124 cm³/mol. The van der Waals surface area contributed by atoms with Crippen LogP contribution in [0.4, 0.5) is 17.1 Å². The number of fused-ring (bicyclic) bond motifs is 1. The van der Waals surface area contributed by atoms with Gasteiger partial charge in [0.15, 0.2) is 0 Å². The molecule has 5 nitrogen and oxygen atoms in total. The zero-order valence-electron chi connectivity index (χ0n) is 16.9. The van der Waals surface area contributed by atoms with Crippen LogP contribution in [0.15, 0.2) is 71.7 Å². The van der Waals surface area contributed by atoms with Crippen LogP contribution in [-0.4, -0.2) is 30.6 Å². The molecular weight excluding hydrogens is 396 g/mol. The third-order valence-electron chi connectivity index (χ3n) is 5.01. The lowest BCUT2D eigenvalue weighted by Crippen LogP contribution is -2.22. The monoisotopic (exact) mass is 418 g/mol. The highest BCUT2D eigenvalue weighted by Crippen LogP contribution is 2.37. The van der Waals surface area contributed by atoms with Crippen LogP contribution < -0.4 is 11.1 Å². The maximum atomic E-state index is 12.9. The summed E-state index contributed by atoms with van der Waals surface area (Å²) in [5.74, 6) is -0.644. The molecule has 0 saturated carbocycles. The van der Waals surface area contributed by atoms with Gasteiger partial charge in [0.25, 0.3) is 0 Å². The van der Waals surface area contributed by atoms with Gasteiger partial charge < -0.3 is 16.0 Å². The van der Waals surface area contributed by atoms with Gasteiger partial charge in [-0.3, -0.25) is 9.79 Å². The molecule has 0 fully saturated rings. The van der Waals surface area contributed by atoms with E-state index in [4.69, 9.17) is 22.3 Å². The van der Waals surface area contributed by atoms with Gasteiger partial charge in [0.05, 0.1) is 11.4 Å². The second kappa shape index (κ2) is 8.30.